The minimum atomic E-state index is 0.0679. The molecule has 2 aromatic heterocycles. The molecule has 5 aromatic rings. The average Bonchev–Trinajstić information content (AvgIpc) is 3.49. The maximum atomic E-state index is 12.7. The van der Waals surface area contributed by atoms with Gasteiger partial charge in [0.15, 0.2) is 21.9 Å². The predicted octanol–water partition coefficient (Wildman–Crippen LogP) is 5.39. The molecular weight excluding hydrogens is 488 g/mol. The molecule has 180 valence electrons. The number of carbonyl (C=O) groups excluding carboxylic acids is 1. The summed E-state index contributed by atoms with van der Waals surface area (Å²) in [4.78, 5) is 12.7. The van der Waals surface area contributed by atoms with Crippen LogP contribution in [0.3, 0.4) is 0 Å². The molecule has 0 bridgehead atoms. The number of rotatable bonds is 10. The first kappa shape index (κ1) is 24.0. The molecule has 0 N–H and O–H groups in total. The Balaban J connectivity index is 1.34. The highest BCUT2D eigenvalue weighted by Gasteiger charge is 2.18. The number of hydrogen-bond acceptors (Lipinski definition) is 7. The van der Waals surface area contributed by atoms with Gasteiger partial charge >= 0.3 is 0 Å². The van der Waals surface area contributed by atoms with Crippen LogP contribution in [0.2, 0.25) is 0 Å². The second-order valence-corrected chi connectivity index (χ2v) is 9.95. The number of Topliss-reactive ketones (excluding diaryl/α,β-unsaturated/α-hetero) is 1. The third kappa shape index (κ3) is 5.58. The summed E-state index contributed by atoms with van der Waals surface area (Å²) in [6.45, 7) is 0.625. The van der Waals surface area contributed by atoms with Crippen molar-refractivity contribution in [2.24, 2.45) is 7.05 Å². The van der Waals surface area contributed by atoms with Crippen LogP contribution >= 0.6 is 23.5 Å². The van der Waals surface area contributed by atoms with Crippen LogP contribution in [-0.4, -0.2) is 41.1 Å². The van der Waals surface area contributed by atoms with E-state index in [0.29, 0.717) is 23.6 Å². The van der Waals surface area contributed by atoms with Gasteiger partial charge in [0.1, 0.15) is 5.82 Å². The van der Waals surface area contributed by atoms with Crippen molar-refractivity contribution in [3.8, 4) is 11.4 Å². The van der Waals surface area contributed by atoms with Crippen molar-refractivity contribution in [3.05, 3.63) is 108 Å². The Kier molecular flexibility index (Phi) is 7.58. The Hall–Kier alpha value is -3.69. The maximum Gasteiger partial charge on any atom is 0.191 e. The number of nitrogens with zero attached hydrogens (tertiary/aromatic N) is 6. The summed E-state index contributed by atoms with van der Waals surface area (Å²) in [7, 11) is 1.97. The van der Waals surface area contributed by atoms with Gasteiger partial charge in [-0.2, -0.15) is 0 Å². The molecule has 0 radical (unpaired) electrons. The molecule has 0 fully saturated rings. The van der Waals surface area contributed by atoms with Crippen molar-refractivity contribution in [3.63, 3.8) is 0 Å². The third-order valence-electron chi connectivity index (χ3n) is 5.60. The molecule has 0 aliphatic carbocycles. The smallest absolute Gasteiger partial charge is 0.191 e. The van der Waals surface area contributed by atoms with E-state index >= 15 is 0 Å². The lowest BCUT2D eigenvalue weighted by atomic mass is 10.2. The van der Waals surface area contributed by atoms with Gasteiger partial charge in [0.05, 0.1) is 18.1 Å². The lowest BCUT2D eigenvalue weighted by Crippen LogP contribution is -2.08. The largest absolute Gasteiger partial charge is 0.305 e. The quantitative estimate of drug-likeness (QED) is 0.183. The van der Waals surface area contributed by atoms with Crippen molar-refractivity contribution < 1.29 is 4.79 Å². The molecular formula is C27H24N6OS2. The van der Waals surface area contributed by atoms with Crippen LogP contribution in [-0.2, 0) is 19.3 Å². The van der Waals surface area contributed by atoms with E-state index in [-0.39, 0.29) is 5.78 Å². The highest BCUT2D eigenvalue weighted by atomic mass is 32.2. The Morgan fingerprint density at radius 3 is 2.11 bits per heavy atom. The fourth-order valence-electron chi connectivity index (χ4n) is 3.70. The third-order valence-corrected chi connectivity index (χ3v) is 7.59. The Labute approximate surface area is 218 Å². The molecule has 0 saturated heterocycles. The number of carbonyl (C=O) groups is 1. The lowest BCUT2D eigenvalue weighted by Gasteiger charge is -2.10. The van der Waals surface area contributed by atoms with Crippen LogP contribution in [0.25, 0.3) is 11.4 Å². The summed E-state index contributed by atoms with van der Waals surface area (Å²) < 4.78 is 4.08. The molecule has 36 heavy (non-hydrogen) atoms. The van der Waals surface area contributed by atoms with Crippen LogP contribution in [0.4, 0.5) is 0 Å². The zero-order valence-corrected chi connectivity index (χ0v) is 21.3. The zero-order valence-electron chi connectivity index (χ0n) is 19.7. The number of thioether (sulfide) groups is 2. The van der Waals surface area contributed by atoms with E-state index in [0.717, 1.165) is 33.1 Å². The highest BCUT2D eigenvalue weighted by Crippen LogP contribution is 2.27. The van der Waals surface area contributed by atoms with E-state index < -0.39 is 0 Å². The normalized spacial score (nSPS) is 11.0. The Morgan fingerprint density at radius 1 is 0.750 bits per heavy atom. The van der Waals surface area contributed by atoms with Crippen molar-refractivity contribution in [1.29, 1.82) is 0 Å². The Bertz CT molecular complexity index is 1440. The van der Waals surface area contributed by atoms with E-state index in [1.54, 1.807) is 11.8 Å². The minimum absolute atomic E-state index is 0.0679. The van der Waals surface area contributed by atoms with Gasteiger partial charge in [0.2, 0.25) is 0 Å². The molecule has 2 heterocycles. The van der Waals surface area contributed by atoms with Crippen LogP contribution in [0.15, 0.2) is 101 Å². The van der Waals surface area contributed by atoms with Gasteiger partial charge in [0, 0.05) is 18.2 Å². The topological polar surface area (TPSA) is 78.5 Å². The van der Waals surface area contributed by atoms with Gasteiger partial charge in [-0.15, -0.1) is 20.4 Å². The molecule has 0 aliphatic rings. The molecule has 0 saturated carbocycles. The second kappa shape index (κ2) is 11.4. The van der Waals surface area contributed by atoms with Crippen LogP contribution < -0.4 is 0 Å². The second-order valence-electron chi connectivity index (χ2n) is 8.07. The van der Waals surface area contributed by atoms with Gasteiger partial charge in [0.25, 0.3) is 0 Å². The van der Waals surface area contributed by atoms with E-state index in [9.17, 15) is 4.79 Å². The molecule has 0 aliphatic heterocycles. The molecule has 7 nitrogen and oxygen atoms in total. The van der Waals surface area contributed by atoms with E-state index in [1.807, 2.05) is 90.5 Å². The molecule has 0 atom stereocenters. The predicted molar refractivity (Wildman–Crippen MR) is 143 cm³/mol. The molecule has 3 aromatic carbocycles. The van der Waals surface area contributed by atoms with Crippen LogP contribution in [0, 0.1) is 0 Å². The van der Waals surface area contributed by atoms with Crippen molar-refractivity contribution in [2.75, 3.05) is 5.75 Å². The first-order valence-electron chi connectivity index (χ1n) is 11.4. The van der Waals surface area contributed by atoms with Gasteiger partial charge in [-0.1, -0.05) is 115 Å². The molecule has 0 spiro atoms. The van der Waals surface area contributed by atoms with Gasteiger partial charge in [-0.3, -0.25) is 4.79 Å². The summed E-state index contributed by atoms with van der Waals surface area (Å²) >= 11 is 2.98. The monoisotopic (exact) mass is 512 g/mol. The lowest BCUT2D eigenvalue weighted by molar-refractivity contribution is 0.102. The zero-order chi connectivity index (χ0) is 24.7. The fourth-order valence-corrected chi connectivity index (χ4v) is 5.40. The van der Waals surface area contributed by atoms with E-state index in [2.05, 4.69) is 37.1 Å². The number of hydrogen-bond donors (Lipinski definition) is 0. The summed E-state index contributed by atoms with van der Waals surface area (Å²) in [5, 5.41) is 19.2. The van der Waals surface area contributed by atoms with Gasteiger partial charge < -0.3 is 9.13 Å². The highest BCUT2D eigenvalue weighted by molar-refractivity contribution is 7.99. The number of aromatic nitrogens is 6. The van der Waals surface area contributed by atoms with Crippen molar-refractivity contribution >= 4 is 29.3 Å². The minimum Gasteiger partial charge on any atom is -0.305 e. The summed E-state index contributed by atoms with van der Waals surface area (Å²) in [6, 6.07) is 29.5. The van der Waals surface area contributed by atoms with E-state index in [4.69, 9.17) is 0 Å². The SMILES string of the molecule is Cn1c(SCc2nnc(SCC(=O)c3ccccc3)n2Cc2ccccc2)nnc1-c1ccccc1. The van der Waals surface area contributed by atoms with Gasteiger partial charge in [-0.05, 0) is 5.56 Å². The summed E-state index contributed by atoms with van der Waals surface area (Å²) in [6.07, 6.45) is 0. The Morgan fingerprint density at radius 2 is 1.39 bits per heavy atom. The van der Waals surface area contributed by atoms with Gasteiger partial charge in [-0.25, -0.2) is 0 Å². The van der Waals surface area contributed by atoms with Crippen molar-refractivity contribution in [1.82, 2.24) is 29.5 Å². The van der Waals surface area contributed by atoms with Crippen LogP contribution in [0.1, 0.15) is 21.7 Å². The average molecular weight is 513 g/mol. The summed E-state index contributed by atoms with van der Waals surface area (Å²) in [5.74, 6) is 2.59. The summed E-state index contributed by atoms with van der Waals surface area (Å²) in [5.41, 5.74) is 2.87. The standard InChI is InChI=1S/C27H24N6OS2/c1-32-25(22-15-9-4-10-16-22)29-30-26(32)36-19-24-28-31-27(33(24)17-20-11-5-2-6-12-20)35-18-23(34)21-13-7-3-8-14-21/h2-16H,17-19H2,1H3. The molecule has 0 amide bonds. The number of benzene rings is 3. The maximum absolute atomic E-state index is 12.7. The van der Waals surface area contributed by atoms with Crippen LogP contribution in [0.5, 0.6) is 0 Å². The molecule has 9 heteroatoms. The van der Waals surface area contributed by atoms with Crippen molar-refractivity contribution in [2.45, 2.75) is 22.6 Å². The first-order valence-corrected chi connectivity index (χ1v) is 13.4. The fraction of sp³-hybridized carbons (Fsp3) is 0.148. The molecule has 0 unspecified atom stereocenters. The van der Waals surface area contributed by atoms with E-state index in [1.165, 1.54) is 11.8 Å². The number of ketones is 1. The molecule has 5 rings (SSSR count). The first-order chi connectivity index (χ1) is 17.7.